The fourth-order valence-corrected chi connectivity index (χ4v) is 10.3. The van der Waals surface area contributed by atoms with Gasteiger partial charge >= 0.3 is 88.7 Å². The normalized spacial score (nSPS) is 17.4. The van der Waals surface area contributed by atoms with Gasteiger partial charge in [-0.1, -0.05) is 58.6 Å². The van der Waals surface area contributed by atoms with Gasteiger partial charge in [0.05, 0.1) is 9.79 Å². The van der Waals surface area contributed by atoms with Crippen LogP contribution in [0.1, 0.15) is 122 Å². The van der Waals surface area contributed by atoms with Crippen LogP contribution in [0, 0.1) is 13.0 Å². The minimum absolute atomic E-state index is 0. The van der Waals surface area contributed by atoms with Crippen LogP contribution in [0.4, 0.5) is 11.4 Å². The van der Waals surface area contributed by atoms with E-state index in [-0.39, 0.29) is 110 Å². The number of fused-ring (bicyclic) bond motifs is 2. The molecule has 1 aliphatic carbocycles. The Labute approximate surface area is 478 Å². The number of anilines is 1. The maximum absolute atomic E-state index is 12.6. The van der Waals surface area contributed by atoms with E-state index in [0.717, 1.165) is 110 Å². The van der Waals surface area contributed by atoms with Gasteiger partial charge < -0.3 is 36.7 Å². The number of unbranched alkanes of at least 4 members (excludes halogenated alkanes) is 6. The number of rotatable bonds is 22. The number of nitrogens with zero attached hydrogens (tertiary/aromatic N) is 2. The van der Waals surface area contributed by atoms with E-state index in [4.69, 9.17) is 10.5 Å². The van der Waals surface area contributed by atoms with E-state index in [1.54, 1.807) is 6.07 Å². The number of allylic oxidation sites excluding steroid dienone is 7. The van der Waals surface area contributed by atoms with Crippen LogP contribution in [0.25, 0.3) is 0 Å². The molecule has 2 heterocycles. The van der Waals surface area contributed by atoms with Gasteiger partial charge in [0.1, 0.15) is 44.0 Å². The zero-order valence-electron chi connectivity index (χ0n) is 41.9. The molecule has 0 saturated heterocycles. The molecule has 69 heavy (non-hydrogen) atoms. The first-order valence-corrected chi connectivity index (χ1v) is 26.1. The summed E-state index contributed by atoms with van der Waals surface area (Å²) in [7, 11) is -9.38. The molecule has 3 aromatic rings. The SMILES string of the molecule is [CH2-]CCC[N+]1=C(/C=C/C2=C(Oc3ccc(S(=O)(=O)[O-])cc3)C(=C/C=C3/N(CCCCCC(=O)NCCCCCCN)c4ccc(S(=O)(=O)[O-])cc4C3(C)C)/CCC2)C(C)(C)c2c[c-]ccc21.[Na+].[Na+].[Na+]. The minimum Gasteiger partial charge on any atom is -0.744 e. The van der Waals surface area contributed by atoms with Gasteiger partial charge in [0.15, 0.2) is 5.71 Å². The molecule has 0 saturated carbocycles. The monoisotopic (exact) mass is 1010 g/mol. The molecule has 3 aromatic carbocycles. The van der Waals surface area contributed by atoms with Crippen molar-refractivity contribution in [2.45, 2.75) is 132 Å². The van der Waals surface area contributed by atoms with Crippen molar-refractivity contribution in [2.75, 3.05) is 31.1 Å². The van der Waals surface area contributed by atoms with Crippen molar-refractivity contribution in [3.05, 3.63) is 132 Å². The summed E-state index contributed by atoms with van der Waals surface area (Å²) in [4.78, 5) is 14.1. The van der Waals surface area contributed by atoms with E-state index in [1.807, 2.05) is 32.1 Å². The number of nitrogens with two attached hydrogens (primary N) is 1. The molecule has 12 nitrogen and oxygen atoms in total. The molecule has 0 fully saturated rings. The fourth-order valence-electron chi connectivity index (χ4n) is 9.30. The number of hydrogen-bond acceptors (Lipinski definition) is 10. The second-order valence-electron chi connectivity index (χ2n) is 18.4. The Balaban J connectivity index is 0.00000420. The van der Waals surface area contributed by atoms with Crippen molar-refractivity contribution in [2.24, 2.45) is 5.73 Å². The smallest absolute Gasteiger partial charge is 0.744 e. The van der Waals surface area contributed by atoms with Crippen LogP contribution in [0.3, 0.4) is 0 Å². The van der Waals surface area contributed by atoms with Gasteiger partial charge in [-0.25, -0.2) is 21.4 Å². The van der Waals surface area contributed by atoms with Gasteiger partial charge in [-0.05, 0) is 129 Å². The van der Waals surface area contributed by atoms with Gasteiger partial charge in [-0.15, -0.1) is 6.07 Å². The fraction of sp³-hybridized carbons (Fsp3) is 0.442. The van der Waals surface area contributed by atoms with Crippen LogP contribution in [0.2, 0.25) is 0 Å². The van der Waals surface area contributed by atoms with Crippen molar-refractivity contribution in [3.8, 4) is 5.75 Å². The Morgan fingerprint density at radius 2 is 1.52 bits per heavy atom. The summed E-state index contributed by atoms with van der Waals surface area (Å²) in [6.45, 7) is 15.3. The van der Waals surface area contributed by atoms with Gasteiger partial charge in [0.25, 0.3) is 0 Å². The van der Waals surface area contributed by atoms with E-state index < -0.39 is 25.7 Å². The van der Waals surface area contributed by atoms with Crippen molar-refractivity contribution >= 4 is 43.2 Å². The third-order valence-electron chi connectivity index (χ3n) is 13.0. The Kier molecular flexibility index (Phi) is 24.4. The van der Waals surface area contributed by atoms with E-state index >= 15 is 0 Å². The van der Waals surface area contributed by atoms with Gasteiger partial charge in [0, 0.05) is 47.8 Å². The molecule has 3 N–H and O–H groups in total. The Bertz CT molecular complexity index is 2640. The Morgan fingerprint density at radius 1 is 0.841 bits per heavy atom. The first-order chi connectivity index (χ1) is 31.4. The minimum atomic E-state index is -4.71. The van der Waals surface area contributed by atoms with Crippen molar-refractivity contribution in [1.29, 1.82) is 0 Å². The number of hydrogen-bond donors (Lipinski definition) is 2. The third kappa shape index (κ3) is 15.6. The molecule has 6 rings (SSSR count). The molecular formula is C52H65N4Na3O8S2. The van der Waals surface area contributed by atoms with Gasteiger partial charge in [-0.3, -0.25) is 4.79 Å². The molecular weight excluding hydrogens is 942 g/mol. The average Bonchev–Trinajstić information content (AvgIpc) is 3.62. The maximum atomic E-state index is 12.6. The second-order valence-corrected chi connectivity index (χ2v) is 21.2. The molecule has 0 radical (unpaired) electrons. The molecule has 3 aliphatic rings. The Morgan fingerprint density at radius 3 is 2.20 bits per heavy atom. The molecule has 0 aromatic heterocycles. The molecule has 2 aliphatic heterocycles. The summed E-state index contributed by atoms with van der Waals surface area (Å²) in [5.41, 5.74) is 12.3. The van der Waals surface area contributed by atoms with E-state index in [1.165, 1.54) is 42.0 Å². The number of carbonyl (C=O) groups is 1. The van der Waals surface area contributed by atoms with Crippen molar-refractivity contribution in [1.82, 2.24) is 5.32 Å². The number of nitrogens with one attached hydrogen (secondary N) is 1. The summed E-state index contributed by atoms with van der Waals surface area (Å²) in [5.74, 6) is 1.03. The zero-order chi connectivity index (χ0) is 47.7. The van der Waals surface area contributed by atoms with Crippen molar-refractivity contribution < 1.29 is 129 Å². The standard InChI is InChI=1S/C52H67N4O8S2.3Na/c1-6-7-35-55-45-21-13-12-20-43(45)51(2,3)47(55)31-23-38-18-17-19-39(50(38)64-40-25-27-41(28-26-40)65(58,59)60)24-32-48-52(4,5)44-37-42(66(61,62)63)29-30-46(44)56(48)36-16-10-11-22-49(57)54-34-15-9-8-14-33-53;;;/h13,20-21,23-32,37H,1,6-11,14-19,22,33-36,53H2,2-5H3,(H,54,57)(H,58,59,60)(H,61,62,63);;;/q-1;3*+1/p-2. The first kappa shape index (κ1) is 61.4. The summed E-state index contributed by atoms with van der Waals surface area (Å²) >= 11 is 0. The predicted molar refractivity (Wildman–Crippen MR) is 258 cm³/mol. The summed E-state index contributed by atoms with van der Waals surface area (Å²) in [6.07, 6.45) is 19.0. The molecule has 356 valence electrons. The van der Waals surface area contributed by atoms with Gasteiger partial charge in [-0.2, -0.15) is 24.6 Å². The van der Waals surface area contributed by atoms with Crippen molar-refractivity contribution in [3.63, 3.8) is 0 Å². The summed E-state index contributed by atoms with van der Waals surface area (Å²) < 4.78 is 81.1. The number of ether oxygens (including phenoxy) is 1. The molecule has 0 unspecified atom stereocenters. The van der Waals surface area contributed by atoms with E-state index in [0.29, 0.717) is 50.4 Å². The molecule has 0 bridgehead atoms. The van der Waals surface area contributed by atoms with E-state index in [9.17, 15) is 30.7 Å². The second kappa shape index (κ2) is 27.4. The van der Waals surface area contributed by atoms with Crippen LogP contribution >= 0.6 is 0 Å². The number of carbonyl (C=O) groups excluding carboxylic acids is 1. The summed E-state index contributed by atoms with van der Waals surface area (Å²) in [5, 5.41) is 3.02. The number of amides is 1. The number of benzene rings is 3. The van der Waals surface area contributed by atoms with E-state index in [2.05, 4.69) is 65.9 Å². The average molecular weight is 1010 g/mol. The van der Waals surface area contributed by atoms with Crippen LogP contribution in [-0.4, -0.2) is 68.3 Å². The largest absolute Gasteiger partial charge is 1.00 e. The topological polar surface area (TPSA) is 185 Å². The van der Waals surface area contributed by atoms with Crippen LogP contribution in [0.5, 0.6) is 5.75 Å². The van der Waals surface area contributed by atoms with Gasteiger partial charge in [0.2, 0.25) is 5.91 Å². The molecule has 17 heteroatoms. The predicted octanol–water partition coefficient (Wildman–Crippen LogP) is 0.174. The molecule has 0 atom stereocenters. The molecule has 0 spiro atoms. The zero-order valence-corrected chi connectivity index (χ0v) is 49.5. The maximum Gasteiger partial charge on any atom is 1.00 e. The van der Waals surface area contributed by atoms with Crippen LogP contribution in [-0.2, 0) is 35.9 Å². The van der Waals surface area contributed by atoms with Crippen LogP contribution < -0.4 is 109 Å². The third-order valence-corrected chi connectivity index (χ3v) is 14.6. The molecule has 1 amide bonds. The summed E-state index contributed by atoms with van der Waals surface area (Å²) in [6, 6.07) is 19.4. The quantitative estimate of drug-likeness (QED) is 0.0463. The Hall–Kier alpha value is -1.86. The first-order valence-electron chi connectivity index (χ1n) is 23.2. The van der Waals surface area contributed by atoms with Crippen LogP contribution in [0.15, 0.2) is 117 Å².